The van der Waals surface area contributed by atoms with E-state index < -0.39 is 29.6 Å². The molecule has 3 heterocycles. The number of carbonyl (C=O) groups is 1. The van der Waals surface area contributed by atoms with Crippen molar-refractivity contribution in [3.63, 3.8) is 0 Å². The predicted octanol–water partition coefficient (Wildman–Crippen LogP) is 2.64. The van der Waals surface area contributed by atoms with Crippen LogP contribution in [0.2, 0.25) is 4.34 Å². The SMILES string of the molecule is CCNc1cc(C#Cc2ccc(Cl)s2)nc2c1ncn2[C@H]1[C@H](O)C(O)C(C)(C(=O)NC)[C@@H]1C. The van der Waals surface area contributed by atoms with E-state index in [-0.39, 0.29) is 5.91 Å². The Hall–Kier alpha value is -2.64. The molecule has 1 saturated carbocycles. The number of thiophene rings is 1. The Morgan fingerprint density at radius 1 is 1.36 bits per heavy atom. The van der Waals surface area contributed by atoms with Crippen LogP contribution in [-0.2, 0) is 4.79 Å². The van der Waals surface area contributed by atoms with Crippen LogP contribution in [0.3, 0.4) is 0 Å². The van der Waals surface area contributed by atoms with Crippen molar-refractivity contribution in [2.45, 2.75) is 39.0 Å². The first kappa shape index (κ1) is 23.5. The van der Waals surface area contributed by atoms with Gasteiger partial charge in [-0.05, 0) is 49.8 Å². The predicted molar refractivity (Wildman–Crippen MR) is 129 cm³/mol. The van der Waals surface area contributed by atoms with Crippen molar-refractivity contribution < 1.29 is 15.0 Å². The zero-order valence-electron chi connectivity index (χ0n) is 18.8. The summed E-state index contributed by atoms with van der Waals surface area (Å²) in [6.07, 6.45) is -0.816. The van der Waals surface area contributed by atoms with Gasteiger partial charge in [-0.15, -0.1) is 11.3 Å². The number of pyridine rings is 1. The van der Waals surface area contributed by atoms with E-state index in [4.69, 9.17) is 16.6 Å². The van der Waals surface area contributed by atoms with Gasteiger partial charge in [0.15, 0.2) is 5.65 Å². The van der Waals surface area contributed by atoms with Gasteiger partial charge in [-0.3, -0.25) is 4.79 Å². The molecule has 1 fully saturated rings. The number of amides is 1. The first-order chi connectivity index (χ1) is 15.7. The van der Waals surface area contributed by atoms with Crippen LogP contribution < -0.4 is 10.6 Å². The van der Waals surface area contributed by atoms with E-state index in [2.05, 4.69) is 27.5 Å². The minimum Gasteiger partial charge on any atom is -0.389 e. The molecule has 1 aliphatic rings. The molecule has 8 nitrogen and oxygen atoms in total. The van der Waals surface area contributed by atoms with E-state index >= 15 is 0 Å². The molecule has 174 valence electrons. The highest BCUT2D eigenvalue weighted by atomic mass is 35.5. The summed E-state index contributed by atoms with van der Waals surface area (Å²) in [6, 6.07) is 4.88. The standard InChI is InChI=1S/C23H26ClN5O3S/c1-5-26-15-10-13(6-7-14-8-9-16(24)33-14)28-21-17(15)27-11-29(21)18-12(2)23(3,22(32)25-4)20(31)19(18)30/h8-12,18-20,30-31H,5H2,1-4H3,(H,25,32)(H,26,28)/t12-,18-,19+,20?,23?/m1/s1. The second kappa shape index (κ2) is 8.95. The van der Waals surface area contributed by atoms with Crippen molar-refractivity contribution in [2.75, 3.05) is 18.9 Å². The summed E-state index contributed by atoms with van der Waals surface area (Å²) in [6.45, 7) is 6.18. The highest BCUT2D eigenvalue weighted by molar-refractivity contribution is 7.16. The third-order valence-corrected chi connectivity index (χ3v) is 7.71. The van der Waals surface area contributed by atoms with Crippen LogP contribution in [0, 0.1) is 23.2 Å². The summed E-state index contributed by atoms with van der Waals surface area (Å²) in [5, 5.41) is 27.7. The van der Waals surface area contributed by atoms with E-state index in [9.17, 15) is 15.0 Å². The number of imidazole rings is 1. The highest BCUT2D eigenvalue weighted by Crippen LogP contribution is 2.50. The maximum Gasteiger partial charge on any atom is 0.228 e. The lowest BCUT2D eigenvalue weighted by atomic mass is 9.77. The van der Waals surface area contributed by atoms with Crippen LogP contribution in [0.1, 0.15) is 37.4 Å². The lowest BCUT2D eigenvalue weighted by molar-refractivity contribution is -0.139. The number of aliphatic hydroxyl groups is 2. The van der Waals surface area contributed by atoms with Gasteiger partial charge in [-0.25, -0.2) is 9.97 Å². The molecule has 0 bridgehead atoms. The van der Waals surface area contributed by atoms with Gasteiger partial charge >= 0.3 is 0 Å². The fourth-order valence-corrected chi connectivity index (χ4v) is 5.50. The van der Waals surface area contributed by atoms with Crippen LogP contribution in [0.15, 0.2) is 24.5 Å². The largest absolute Gasteiger partial charge is 0.389 e. The van der Waals surface area contributed by atoms with Crippen LogP contribution in [0.4, 0.5) is 5.69 Å². The fourth-order valence-electron chi connectivity index (χ4n) is 4.60. The quantitative estimate of drug-likeness (QED) is 0.421. The maximum atomic E-state index is 12.6. The number of nitrogens with one attached hydrogen (secondary N) is 2. The molecule has 1 aliphatic carbocycles. The summed E-state index contributed by atoms with van der Waals surface area (Å²) in [5.41, 5.74) is 1.27. The number of hydrogen-bond acceptors (Lipinski definition) is 7. The van der Waals surface area contributed by atoms with Crippen LogP contribution >= 0.6 is 22.9 Å². The molecular weight excluding hydrogens is 462 g/mol. The zero-order chi connectivity index (χ0) is 23.9. The van der Waals surface area contributed by atoms with Gasteiger partial charge in [-0.2, -0.15) is 0 Å². The Bertz CT molecular complexity index is 1260. The average Bonchev–Trinajstić information content (AvgIpc) is 3.46. The molecule has 10 heteroatoms. The number of carbonyl (C=O) groups excluding carboxylic acids is 1. The molecule has 3 aromatic rings. The van der Waals surface area contributed by atoms with E-state index in [1.807, 2.05) is 26.0 Å². The number of anilines is 1. The Kier molecular flexibility index (Phi) is 6.38. The third-order valence-electron chi connectivity index (χ3n) is 6.57. The number of hydrogen-bond donors (Lipinski definition) is 4. The second-order valence-corrected chi connectivity index (χ2v) is 10.1. The molecule has 0 spiro atoms. The van der Waals surface area contributed by atoms with Crippen molar-refractivity contribution in [3.8, 4) is 11.8 Å². The van der Waals surface area contributed by atoms with Crippen molar-refractivity contribution in [1.29, 1.82) is 0 Å². The van der Waals surface area contributed by atoms with Crippen molar-refractivity contribution in [2.24, 2.45) is 11.3 Å². The molecule has 5 atom stereocenters. The Morgan fingerprint density at radius 2 is 2.12 bits per heavy atom. The molecule has 3 aromatic heterocycles. The summed E-state index contributed by atoms with van der Waals surface area (Å²) in [5.74, 6) is 5.44. The fraction of sp³-hybridized carbons (Fsp3) is 0.435. The monoisotopic (exact) mass is 487 g/mol. The van der Waals surface area contributed by atoms with E-state index in [0.29, 0.717) is 27.7 Å². The van der Waals surface area contributed by atoms with Gasteiger partial charge < -0.3 is 25.4 Å². The summed E-state index contributed by atoms with van der Waals surface area (Å²) >= 11 is 7.39. The first-order valence-corrected chi connectivity index (χ1v) is 11.9. The first-order valence-electron chi connectivity index (χ1n) is 10.7. The number of aromatic nitrogens is 3. The maximum absolute atomic E-state index is 12.6. The summed E-state index contributed by atoms with van der Waals surface area (Å²) in [4.78, 5) is 22.7. The molecule has 0 saturated heterocycles. The van der Waals surface area contributed by atoms with Gasteiger partial charge in [0.25, 0.3) is 0 Å². The number of nitrogens with zero attached hydrogens (tertiary/aromatic N) is 3. The third kappa shape index (κ3) is 3.87. The number of fused-ring (bicyclic) bond motifs is 1. The molecule has 0 aromatic carbocycles. The lowest BCUT2D eigenvalue weighted by Crippen LogP contribution is -2.47. The minimum absolute atomic E-state index is 0.323. The molecule has 0 radical (unpaired) electrons. The average molecular weight is 488 g/mol. The molecule has 1 amide bonds. The van der Waals surface area contributed by atoms with Crippen molar-refractivity contribution >= 4 is 45.7 Å². The van der Waals surface area contributed by atoms with Crippen LogP contribution in [-0.4, -0.2) is 56.5 Å². The van der Waals surface area contributed by atoms with Crippen molar-refractivity contribution in [3.05, 3.63) is 39.4 Å². The minimum atomic E-state index is -1.24. The smallest absolute Gasteiger partial charge is 0.228 e. The van der Waals surface area contributed by atoms with Gasteiger partial charge in [0.05, 0.1) is 38.8 Å². The van der Waals surface area contributed by atoms with E-state index in [0.717, 1.165) is 10.6 Å². The van der Waals surface area contributed by atoms with Crippen LogP contribution in [0.5, 0.6) is 0 Å². The number of aliphatic hydroxyl groups excluding tert-OH is 2. The van der Waals surface area contributed by atoms with Gasteiger partial charge in [0.1, 0.15) is 17.3 Å². The molecule has 4 rings (SSSR count). The van der Waals surface area contributed by atoms with E-state index in [1.165, 1.54) is 18.4 Å². The normalized spacial score (nSPS) is 26.8. The summed E-state index contributed by atoms with van der Waals surface area (Å²) < 4.78 is 2.41. The molecular formula is C23H26ClN5O3S. The highest BCUT2D eigenvalue weighted by Gasteiger charge is 2.59. The Balaban J connectivity index is 1.83. The van der Waals surface area contributed by atoms with Gasteiger partial charge in [0, 0.05) is 13.6 Å². The van der Waals surface area contributed by atoms with Gasteiger partial charge in [-0.1, -0.05) is 18.5 Å². The number of rotatable bonds is 4. The Morgan fingerprint density at radius 3 is 2.76 bits per heavy atom. The van der Waals surface area contributed by atoms with E-state index in [1.54, 1.807) is 23.9 Å². The molecule has 33 heavy (non-hydrogen) atoms. The van der Waals surface area contributed by atoms with Crippen LogP contribution in [0.25, 0.3) is 11.2 Å². The van der Waals surface area contributed by atoms with Crippen molar-refractivity contribution in [1.82, 2.24) is 19.9 Å². The van der Waals surface area contributed by atoms with Gasteiger partial charge in [0.2, 0.25) is 5.91 Å². The second-order valence-electron chi connectivity index (χ2n) is 8.34. The lowest BCUT2D eigenvalue weighted by Gasteiger charge is -2.31. The number of halogens is 1. The molecule has 4 N–H and O–H groups in total. The zero-order valence-corrected chi connectivity index (χ0v) is 20.3. The molecule has 2 unspecified atom stereocenters. The molecule has 0 aliphatic heterocycles. The summed E-state index contributed by atoms with van der Waals surface area (Å²) in [7, 11) is 1.52. The topological polar surface area (TPSA) is 112 Å². The Labute approximate surface area is 201 Å².